The SMILES string of the molecule is CN1CCC(CCNc2cc(C(=O)O)ccc2N)C1. The van der Waals surface area contributed by atoms with Gasteiger partial charge in [-0.2, -0.15) is 0 Å². The second-order valence-electron chi connectivity index (χ2n) is 5.24. The van der Waals surface area contributed by atoms with Gasteiger partial charge >= 0.3 is 5.97 Å². The van der Waals surface area contributed by atoms with Crippen LogP contribution < -0.4 is 11.1 Å². The number of likely N-dealkylation sites (tertiary alicyclic amines) is 1. The van der Waals surface area contributed by atoms with Crippen molar-refractivity contribution in [1.82, 2.24) is 4.90 Å². The van der Waals surface area contributed by atoms with Crippen LogP contribution >= 0.6 is 0 Å². The van der Waals surface area contributed by atoms with Crippen LogP contribution in [0, 0.1) is 5.92 Å². The van der Waals surface area contributed by atoms with Crippen LogP contribution in [0.5, 0.6) is 0 Å². The summed E-state index contributed by atoms with van der Waals surface area (Å²) >= 11 is 0. The van der Waals surface area contributed by atoms with Gasteiger partial charge in [0.1, 0.15) is 0 Å². The molecule has 0 radical (unpaired) electrons. The van der Waals surface area contributed by atoms with Gasteiger partial charge in [-0.1, -0.05) is 0 Å². The molecule has 0 aliphatic carbocycles. The summed E-state index contributed by atoms with van der Waals surface area (Å²) in [5, 5.41) is 12.2. The Morgan fingerprint density at radius 2 is 2.37 bits per heavy atom. The topological polar surface area (TPSA) is 78.6 Å². The van der Waals surface area contributed by atoms with E-state index in [1.165, 1.54) is 19.0 Å². The number of carboxylic acids is 1. The van der Waals surface area contributed by atoms with E-state index in [1.807, 2.05) is 0 Å². The van der Waals surface area contributed by atoms with Crippen LogP contribution in [-0.2, 0) is 0 Å². The Morgan fingerprint density at radius 3 is 3.00 bits per heavy atom. The van der Waals surface area contributed by atoms with Crippen molar-refractivity contribution in [2.75, 3.05) is 37.7 Å². The van der Waals surface area contributed by atoms with Crippen LogP contribution in [0.3, 0.4) is 0 Å². The second kappa shape index (κ2) is 5.93. The molecule has 104 valence electrons. The maximum atomic E-state index is 10.9. The first-order chi connectivity index (χ1) is 9.06. The quantitative estimate of drug-likeness (QED) is 0.705. The summed E-state index contributed by atoms with van der Waals surface area (Å²) in [5.74, 6) is -0.207. The summed E-state index contributed by atoms with van der Waals surface area (Å²) in [6.45, 7) is 3.14. The standard InChI is InChI=1S/C14H21N3O2/c1-17-7-5-10(9-17)4-6-16-13-8-11(14(18)19)2-3-12(13)15/h2-3,8,10,16H,4-7,9,15H2,1H3,(H,18,19). The van der Waals surface area contributed by atoms with Gasteiger partial charge in [0.2, 0.25) is 0 Å². The zero-order valence-corrected chi connectivity index (χ0v) is 11.2. The molecule has 4 N–H and O–H groups in total. The molecule has 1 aliphatic rings. The summed E-state index contributed by atoms with van der Waals surface area (Å²) in [6.07, 6.45) is 2.32. The van der Waals surface area contributed by atoms with Crippen molar-refractivity contribution in [1.29, 1.82) is 0 Å². The van der Waals surface area contributed by atoms with E-state index in [2.05, 4.69) is 17.3 Å². The molecule has 5 heteroatoms. The number of aromatic carboxylic acids is 1. The van der Waals surface area contributed by atoms with Gasteiger partial charge in [0.25, 0.3) is 0 Å². The molecule has 1 fully saturated rings. The van der Waals surface area contributed by atoms with Crippen molar-refractivity contribution < 1.29 is 9.90 Å². The van der Waals surface area contributed by atoms with E-state index in [9.17, 15) is 4.79 Å². The molecule has 0 aromatic heterocycles. The Balaban J connectivity index is 1.88. The highest BCUT2D eigenvalue weighted by Gasteiger charge is 2.18. The number of benzene rings is 1. The van der Waals surface area contributed by atoms with Gasteiger partial charge in [0.05, 0.1) is 16.9 Å². The number of hydrogen-bond acceptors (Lipinski definition) is 4. The molecule has 1 heterocycles. The van der Waals surface area contributed by atoms with Crippen LogP contribution in [0.25, 0.3) is 0 Å². The number of rotatable bonds is 5. The minimum atomic E-state index is -0.930. The molecule has 5 nitrogen and oxygen atoms in total. The van der Waals surface area contributed by atoms with Crippen LogP contribution in [-0.4, -0.2) is 42.7 Å². The Morgan fingerprint density at radius 1 is 1.58 bits per heavy atom. The van der Waals surface area contributed by atoms with Crippen LogP contribution in [0.15, 0.2) is 18.2 Å². The number of hydrogen-bond donors (Lipinski definition) is 3. The molecule has 1 aromatic carbocycles. The maximum absolute atomic E-state index is 10.9. The molecule has 1 saturated heterocycles. The Labute approximate surface area is 113 Å². The Hall–Kier alpha value is -1.75. The Bertz CT molecular complexity index is 462. The van der Waals surface area contributed by atoms with Crippen LogP contribution in [0.1, 0.15) is 23.2 Å². The molecule has 1 aromatic rings. The Kier molecular flexibility index (Phi) is 4.27. The van der Waals surface area contributed by atoms with Gasteiger partial charge in [-0.3, -0.25) is 0 Å². The van der Waals surface area contributed by atoms with E-state index < -0.39 is 5.97 Å². The molecule has 0 spiro atoms. The molecule has 1 unspecified atom stereocenters. The number of nitrogens with two attached hydrogens (primary N) is 1. The zero-order chi connectivity index (χ0) is 13.8. The van der Waals surface area contributed by atoms with Gasteiger partial charge in [-0.05, 0) is 50.6 Å². The first-order valence-electron chi connectivity index (χ1n) is 6.61. The van der Waals surface area contributed by atoms with Gasteiger partial charge in [0, 0.05) is 13.1 Å². The lowest BCUT2D eigenvalue weighted by atomic mass is 10.1. The number of nitrogens with one attached hydrogen (secondary N) is 1. The van der Waals surface area contributed by atoms with Crippen molar-refractivity contribution in [3.63, 3.8) is 0 Å². The fourth-order valence-corrected chi connectivity index (χ4v) is 2.52. The number of carbonyl (C=O) groups is 1. The average molecular weight is 263 g/mol. The van der Waals surface area contributed by atoms with E-state index in [4.69, 9.17) is 10.8 Å². The average Bonchev–Trinajstić information content (AvgIpc) is 2.77. The summed E-state index contributed by atoms with van der Waals surface area (Å²) < 4.78 is 0. The lowest BCUT2D eigenvalue weighted by molar-refractivity contribution is 0.0697. The second-order valence-corrected chi connectivity index (χ2v) is 5.24. The van der Waals surface area contributed by atoms with Gasteiger partial charge in [-0.25, -0.2) is 4.79 Å². The van der Waals surface area contributed by atoms with E-state index in [-0.39, 0.29) is 5.56 Å². The molecule has 0 saturated carbocycles. The van der Waals surface area contributed by atoms with Gasteiger partial charge in [0.15, 0.2) is 0 Å². The highest BCUT2D eigenvalue weighted by Crippen LogP contribution is 2.22. The maximum Gasteiger partial charge on any atom is 0.335 e. The lowest BCUT2D eigenvalue weighted by Gasteiger charge is -2.13. The molecular formula is C14H21N3O2. The van der Waals surface area contributed by atoms with E-state index >= 15 is 0 Å². The highest BCUT2D eigenvalue weighted by molar-refractivity contribution is 5.90. The molecule has 0 amide bonds. The highest BCUT2D eigenvalue weighted by atomic mass is 16.4. The lowest BCUT2D eigenvalue weighted by Crippen LogP contribution is -2.16. The monoisotopic (exact) mass is 263 g/mol. The van der Waals surface area contributed by atoms with Gasteiger partial charge in [-0.15, -0.1) is 0 Å². The van der Waals surface area contributed by atoms with Crippen molar-refractivity contribution in [3.8, 4) is 0 Å². The first-order valence-corrected chi connectivity index (χ1v) is 6.61. The van der Waals surface area contributed by atoms with E-state index in [0.717, 1.165) is 25.4 Å². The normalized spacial score (nSPS) is 19.5. The van der Waals surface area contributed by atoms with Crippen molar-refractivity contribution in [3.05, 3.63) is 23.8 Å². The third kappa shape index (κ3) is 3.61. The number of nitrogen functional groups attached to an aromatic ring is 1. The predicted molar refractivity (Wildman–Crippen MR) is 76.5 cm³/mol. The summed E-state index contributed by atoms with van der Waals surface area (Å²) in [4.78, 5) is 13.2. The fraction of sp³-hybridized carbons (Fsp3) is 0.500. The summed E-state index contributed by atoms with van der Waals surface area (Å²) in [5.41, 5.74) is 7.41. The van der Waals surface area contributed by atoms with E-state index in [1.54, 1.807) is 12.1 Å². The third-order valence-corrected chi connectivity index (χ3v) is 3.66. The van der Waals surface area contributed by atoms with E-state index in [0.29, 0.717) is 11.4 Å². The minimum absolute atomic E-state index is 0.261. The molecule has 19 heavy (non-hydrogen) atoms. The van der Waals surface area contributed by atoms with Crippen LogP contribution in [0.4, 0.5) is 11.4 Å². The first kappa shape index (κ1) is 13.7. The number of carboxylic acid groups (broad SMARTS) is 1. The molecule has 1 atom stereocenters. The van der Waals surface area contributed by atoms with Crippen molar-refractivity contribution >= 4 is 17.3 Å². The third-order valence-electron chi connectivity index (χ3n) is 3.66. The summed E-state index contributed by atoms with van der Waals surface area (Å²) in [7, 11) is 2.14. The molecular weight excluding hydrogens is 242 g/mol. The van der Waals surface area contributed by atoms with Crippen LogP contribution in [0.2, 0.25) is 0 Å². The molecule has 1 aliphatic heterocycles. The predicted octanol–water partition coefficient (Wildman–Crippen LogP) is 1.72. The molecule has 2 rings (SSSR count). The summed E-state index contributed by atoms with van der Waals surface area (Å²) in [6, 6.07) is 4.75. The number of nitrogens with zero attached hydrogens (tertiary/aromatic N) is 1. The minimum Gasteiger partial charge on any atom is -0.478 e. The zero-order valence-electron chi connectivity index (χ0n) is 11.2. The van der Waals surface area contributed by atoms with Gasteiger partial charge < -0.3 is 21.1 Å². The largest absolute Gasteiger partial charge is 0.478 e. The molecule has 0 bridgehead atoms. The number of anilines is 2. The fourth-order valence-electron chi connectivity index (χ4n) is 2.52. The van der Waals surface area contributed by atoms with Crippen molar-refractivity contribution in [2.45, 2.75) is 12.8 Å². The smallest absolute Gasteiger partial charge is 0.335 e. The van der Waals surface area contributed by atoms with Crippen molar-refractivity contribution in [2.24, 2.45) is 5.92 Å².